The lowest BCUT2D eigenvalue weighted by molar-refractivity contribution is -0.117. The first kappa shape index (κ1) is 36.7. The van der Waals surface area contributed by atoms with E-state index >= 15 is 0 Å². The molecule has 14 nitrogen and oxygen atoms in total. The van der Waals surface area contributed by atoms with E-state index in [2.05, 4.69) is 10.6 Å². The van der Waals surface area contributed by atoms with Gasteiger partial charge < -0.3 is 10.6 Å². The summed E-state index contributed by atoms with van der Waals surface area (Å²) < 4.78 is 6.19. The summed E-state index contributed by atoms with van der Waals surface area (Å²) in [4.78, 5) is 81.8. The first-order chi connectivity index (χ1) is 24.8. The van der Waals surface area contributed by atoms with Crippen LogP contribution in [0.1, 0.15) is 24.2 Å². The average Bonchev–Trinajstić information content (AvgIpc) is 3.72. The molecule has 52 heavy (non-hydrogen) atoms. The number of aromatic nitrogens is 4. The van der Waals surface area contributed by atoms with Gasteiger partial charge in [0.2, 0.25) is 11.8 Å². The molecule has 2 aliphatic heterocycles. The van der Waals surface area contributed by atoms with E-state index in [9.17, 15) is 28.8 Å². The molecule has 4 amide bonds. The molecule has 18 heteroatoms. The summed E-state index contributed by atoms with van der Waals surface area (Å²) >= 11 is 12.8. The fraction of sp³-hybridized carbons (Fsp3) is 0.235. The summed E-state index contributed by atoms with van der Waals surface area (Å²) in [5, 5.41) is 4.50. The molecule has 0 unspecified atom stereocenters. The number of anilines is 2. The molecule has 2 aliphatic rings. The quantitative estimate of drug-likeness (QED) is 0.169. The van der Waals surface area contributed by atoms with Crippen molar-refractivity contribution in [3.8, 4) is 11.4 Å². The van der Waals surface area contributed by atoms with Gasteiger partial charge in [-0.1, -0.05) is 60.8 Å². The normalized spacial score (nSPS) is 16.0. The summed E-state index contributed by atoms with van der Waals surface area (Å²) in [5.41, 5.74) is 1.87. The number of hydrogen-bond acceptors (Lipinski definition) is 10. The number of carbonyl (C=O) groups excluding carboxylic acids is 4. The smallest absolute Gasteiger partial charge is 0.295 e. The number of rotatable bonds is 10. The molecule has 2 aromatic carbocycles. The van der Waals surface area contributed by atoms with Crippen LogP contribution in [0.3, 0.4) is 0 Å². The number of amides is 4. The number of nitrogens with one attached hydrogen (secondary N) is 2. The van der Waals surface area contributed by atoms with Crippen molar-refractivity contribution in [2.45, 2.75) is 26.7 Å². The lowest BCUT2D eigenvalue weighted by Crippen LogP contribution is -2.32. The molecule has 6 rings (SSSR count). The van der Waals surface area contributed by atoms with Crippen molar-refractivity contribution in [3.63, 3.8) is 0 Å². The molecule has 0 bridgehead atoms. The molecule has 0 radical (unpaired) electrons. The highest BCUT2D eigenvalue weighted by Crippen LogP contribution is 2.43. The number of nitrogens with zero attached hydrogens (tertiary/aromatic N) is 6. The Labute approximate surface area is 316 Å². The number of thioether (sulfide) groups is 2. The highest BCUT2D eigenvalue weighted by Gasteiger charge is 2.41. The number of thiocarbonyl (C=S) groups is 2. The molecular formula is C34H32N8O6S4. The van der Waals surface area contributed by atoms with E-state index in [0.717, 1.165) is 23.5 Å². The number of benzene rings is 2. The van der Waals surface area contributed by atoms with Crippen LogP contribution in [0.25, 0.3) is 11.4 Å². The Kier molecular flexibility index (Phi) is 10.5. The molecular weight excluding hydrogens is 745 g/mol. The van der Waals surface area contributed by atoms with Crippen molar-refractivity contribution in [3.05, 3.63) is 103 Å². The van der Waals surface area contributed by atoms with Crippen molar-refractivity contribution < 1.29 is 19.2 Å². The van der Waals surface area contributed by atoms with Gasteiger partial charge >= 0.3 is 0 Å². The van der Waals surface area contributed by atoms with Gasteiger partial charge in [0.1, 0.15) is 21.4 Å². The van der Waals surface area contributed by atoms with Gasteiger partial charge in [-0.15, -0.1) is 0 Å². The van der Waals surface area contributed by atoms with Gasteiger partial charge in [0.15, 0.2) is 0 Å². The second-order valence-corrected chi connectivity index (χ2v) is 14.5. The van der Waals surface area contributed by atoms with Crippen molar-refractivity contribution in [2.24, 2.45) is 14.1 Å². The molecule has 2 fully saturated rings. The molecule has 0 aliphatic carbocycles. The zero-order chi connectivity index (χ0) is 37.4. The van der Waals surface area contributed by atoms with Gasteiger partial charge in [-0.2, -0.15) is 0 Å². The van der Waals surface area contributed by atoms with Crippen LogP contribution in [0.2, 0.25) is 0 Å². The van der Waals surface area contributed by atoms with E-state index in [1.165, 1.54) is 19.2 Å². The molecule has 0 saturated carbocycles. The first-order valence-electron chi connectivity index (χ1n) is 15.9. The molecule has 2 aromatic heterocycles. The lowest BCUT2D eigenvalue weighted by atomic mass is 10.3. The number of carbonyl (C=O) groups is 4. The monoisotopic (exact) mass is 776 g/mol. The minimum absolute atomic E-state index is 0.0633. The maximum Gasteiger partial charge on any atom is 0.295 e. The van der Waals surface area contributed by atoms with Gasteiger partial charge in [0.25, 0.3) is 21.6 Å². The molecule has 0 spiro atoms. The molecule has 2 saturated heterocycles. The van der Waals surface area contributed by atoms with Crippen molar-refractivity contribution >= 4 is 91.6 Å². The highest BCUT2D eigenvalue weighted by molar-refractivity contribution is 8.23. The Bertz CT molecular complexity index is 2160. The molecule has 0 atom stereocenters. The number of para-hydroxylation sites is 2. The standard InChI is InChI=1S/C34H32N8O6S4/c1-19-25(29(45)41(37(19)3)21-11-7-5-8-12-21)35-23(43)15-17-39-31(49)27(51-33(39)47)28-32(50)40(34(48)52-28)18-16-24(44)36-26-20(2)38(4)42(30(26)46)22-13-9-6-10-14-22/h5-14H,15-18H2,1-4H3,(H,35,43)(H,36,44)/b28-27+. The summed E-state index contributed by atoms with van der Waals surface area (Å²) in [6.45, 7) is 3.31. The molecule has 268 valence electrons. The van der Waals surface area contributed by atoms with Crippen LogP contribution in [0, 0.1) is 13.8 Å². The SMILES string of the molecule is Cc1c(NC(=O)CCN2C(=O)S/C(=C3/SC(=O)N(CCC(=O)Nc4c(C)n(C)n(-c5ccccc5)c4=O)C3=S)C2=S)c(=O)n(-c2ccccc2)n1C. The van der Waals surface area contributed by atoms with Gasteiger partial charge in [-0.25, -0.2) is 9.36 Å². The summed E-state index contributed by atoms with van der Waals surface area (Å²) in [6.07, 6.45) is -0.299. The average molecular weight is 777 g/mol. The zero-order valence-electron chi connectivity index (χ0n) is 28.4. The summed E-state index contributed by atoms with van der Waals surface area (Å²) in [5.74, 6) is -0.967. The second-order valence-electron chi connectivity index (χ2n) is 11.8. The van der Waals surface area contributed by atoms with Gasteiger partial charge in [0, 0.05) is 40.0 Å². The van der Waals surface area contributed by atoms with E-state index in [0.29, 0.717) is 32.6 Å². The van der Waals surface area contributed by atoms with Crippen molar-refractivity contribution in [1.82, 2.24) is 28.5 Å². The maximum absolute atomic E-state index is 13.2. The topological polar surface area (TPSA) is 153 Å². The Morgan fingerprint density at radius 2 is 0.962 bits per heavy atom. The van der Waals surface area contributed by atoms with Crippen LogP contribution in [0.4, 0.5) is 21.0 Å². The second kappa shape index (κ2) is 14.9. The maximum atomic E-state index is 13.2. The van der Waals surface area contributed by atoms with E-state index in [1.54, 1.807) is 61.6 Å². The van der Waals surface area contributed by atoms with Crippen LogP contribution in [-0.2, 0) is 23.7 Å². The lowest BCUT2D eigenvalue weighted by Gasteiger charge is -2.15. The highest BCUT2D eigenvalue weighted by atomic mass is 32.2. The van der Waals surface area contributed by atoms with Gasteiger partial charge in [-0.3, -0.25) is 47.9 Å². The predicted octanol–water partition coefficient (Wildman–Crippen LogP) is 4.84. The van der Waals surface area contributed by atoms with Crippen molar-refractivity contribution in [1.29, 1.82) is 0 Å². The Hall–Kier alpha value is -5.04. The third-order valence-electron chi connectivity index (χ3n) is 8.67. The first-order valence-corrected chi connectivity index (χ1v) is 18.3. The van der Waals surface area contributed by atoms with Crippen LogP contribution in [0.5, 0.6) is 0 Å². The van der Waals surface area contributed by atoms with Crippen LogP contribution in [-0.4, -0.2) is 73.9 Å². The van der Waals surface area contributed by atoms with Gasteiger partial charge in [-0.05, 0) is 61.6 Å². The molecule has 2 N–H and O–H groups in total. The summed E-state index contributed by atoms with van der Waals surface area (Å²) in [6, 6.07) is 18.0. The van der Waals surface area contributed by atoms with Crippen LogP contribution >= 0.6 is 48.0 Å². The van der Waals surface area contributed by atoms with Crippen LogP contribution < -0.4 is 21.8 Å². The molecule has 4 heterocycles. The minimum atomic E-state index is -0.484. The summed E-state index contributed by atoms with van der Waals surface area (Å²) in [7, 11) is 3.43. The number of hydrogen-bond donors (Lipinski definition) is 2. The fourth-order valence-electron chi connectivity index (χ4n) is 5.71. The van der Waals surface area contributed by atoms with E-state index < -0.39 is 33.4 Å². The Morgan fingerprint density at radius 1 is 0.615 bits per heavy atom. The van der Waals surface area contributed by atoms with Crippen LogP contribution in [0.15, 0.2) is 80.1 Å². The van der Waals surface area contributed by atoms with E-state index in [4.69, 9.17) is 24.4 Å². The Morgan fingerprint density at radius 3 is 1.31 bits per heavy atom. The van der Waals surface area contributed by atoms with Crippen molar-refractivity contribution in [2.75, 3.05) is 23.7 Å². The van der Waals surface area contributed by atoms with E-state index in [1.807, 2.05) is 36.4 Å². The third-order valence-corrected chi connectivity index (χ3v) is 11.9. The third kappa shape index (κ3) is 6.81. The predicted molar refractivity (Wildman–Crippen MR) is 210 cm³/mol. The fourth-order valence-corrected chi connectivity index (χ4v) is 8.72. The minimum Gasteiger partial charge on any atom is -0.320 e. The molecule has 4 aromatic rings. The van der Waals surface area contributed by atoms with Gasteiger partial charge in [0.05, 0.1) is 32.6 Å². The zero-order valence-corrected chi connectivity index (χ0v) is 31.6. The largest absolute Gasteiger partial charge is 0.320 e. The Balaban J connectivity index is 1.07. The van der Waals surface area contributed by atoms with E-state index in [-0.39, 0.29) is 47.3 Å².